The van der Waals surface area contributed by atoms with Crippen molar-refractivity contribution in [1.82, 2.24) is 4.90 Å². The van der Waals surface area contributed by atoms with E-state index >= 15 is 0 Å². The Balaban J connectivity index is 0.000000232. The van der Waals surface area contributed by atoms with Crippen molar-refractivity contribution in [3.05, 3.63) is 11.6 Å². The molecule has 2 rings (SSSR count). The van der Waals surface area contributed by atoms with Gasteiger partial charge in [-0.05, 0) is 30.5 Å². The molecule has 0 aromatic rings. The molecule has 0 amide bonds. The number of rotatable bonds is 2. The zero-order valence-electron chi connectivity index (χ0n) is 10.3. The molecule has 18 heavy (non-hydrogen) atoms. The lowest BCUT2D eigenvalue weighted by Crippen LogP contribution is -2.18. The fraction of sp³-hybridized carbons (Fsp3) is 0.583. The Morgan fingerprint density at radius 2 is 1.94 bits per heavy atom. The molecule has 2 bridgehead atoms. The molecular weight excluding hydrogens is 238 g/mol. The molecule has 0 aliphatic carbocycles. The third-order valence-corrected chi connectivity index (χ3v) is 3.08. The molecule has 2 fully saturated rings. The van der Waals surface area contributed by atoms with Gasteiger partial charge in [0.15, 0.2) is 5.78 Å². The van der Waals surface area contributed by atoms with E-state index in [4.69, 9.17) is 19.8 Å². The van der Waals surface area contributed by atoms with Crippen LogP contribution in [0, 0.1) is 5.92 Å². The van der Waals surface area contributed by atoms with Gasteiger partial charge in [0.05, 0.1) is 0 Å². The molecule has 2 N–H and O–H groups in total. The van der Waals surface area contributed by atoms with Gasteiger partial charge in [-0.1, -0.05) is 6.92 Å². The predicted molar refractivity (Wildman–Crippen MR) is 63.2 cm³/mol. The molecule has 0 saturated carbocycles. The third-order valence-electron chi connectivity index (χ3n) is 3.08. The Morgan fingerprint density at radius 3 is 2.28 bits per heavy atom. The van der Waals surface area contributed by atoms with Crippen molar-refractivity contribution in [2.75, 3.05) is 19.6 Å². The topological polar surface area (TPSA) is 94.9 Å². The molecule has 6 nitrogen and oxygen atoms in total. The van der Waals surface area contributed by atoms with E-state index in [0.29, 0.717) is 18.1 Å². The van der Waals surface area contributed by atoms with E-state index in [9.17, 15) is 4.79 Å². The summed E-state index contributed by atoms with van der Waals surface area (Å²) >= 11 is 0. The largest absolute Gasteiger partial charge is 0.473 e. The number of carbonyl (C=O) groups excluding carboxylic acids is 1. The summed E-state index contributed by atoms with van der Waals surface area (Å²) in [5.74, 6) is -2.65. The van der Waals surface area contributed by atoms with Gasteiger partial charge in [-0.3, -0.25) is 9.69 Å². The molecule has 2 unspecified atom stereocenters. The number of hydrogen-bond donors (Lipinski definition) is 2. The van der Waals surface area contributed by atoms with Crippen LogP contribution in [0.1, 0.15) is 19.8 Å². The molecule has 2 saturated heterocycles. The number of nitrogens with zero attached hydrogens (tertiary/aromatic N) is 1. The summed E-state index contributed by atoms with van der Waals surface area (Å²) in [5.41, 5.74) is 1.38. The van der Waals surface area contributed by atoms with E-state index in [1.165, 1.54) is 25.1 Å². The molecule has 0 spiro atoms. The van der Waals surface area contributed by atoms with Gasteiger partial charge < -0.3 is 10.2 Å². The highest BCUT2D eigenvalue weighted by Gasteiger charge is 2.33. The maximum Gasteiger partial charge on any atom is 0.414 e. The highest BCUT2D eigenvalue weighted by atomic mass is 16.4. The molecule has 6 heteroatoms. The van der Waals surface area contributed by atoms with Crippen LogP contribution in [0.3, 0.4) is 0 Å². The number of ketones is 1. The van der Waals surface area contributed by atoms with Gasteiger partial charge in [0.25, 0.3) is 0 Å². The van der Waals surface area contributed by atoms with Crippen LogP contribution in [0.5, 0.6) is 0 Å². The summed E-state index contributed by atoms with van der Waals surface area (Å²) in [7, 11) is 0. The van der Waals surface area contributed by atoms with E-state index in [1.54, 1.807) is 0 Å². The molecule has 2 aliphatic heterocycles. The molecule has 0 radical (unpaired) electrons. The number of piperidine rings is 1. The number of carbonyl (C=O) groups is 3. The lowest BCUT2D eigenvalue weighted by Gasteiger charge is -2.13. The maximum absolute atomic E-state index is 11.1. The van der Waals surface area contributed by atoms with Crippen LogP contribution in [0.4, 0.5) is 0 Å². The minimum absolute atomic E-state index is 0.291. The summed E-state index contributed by atoms with van der Waals surface area (Å²) < 4.78 is 0. The molecule has 2 aliphatic rings. The lowest BCUT2D eigenvalue weighted by atomic mass is 9.98. The summed E-state index contributed by atoms with van der Waals surface area (Å²) in [5, 5.41) is 14.8. The Kier molecular flexibility index (Phi) is 5.03. The molecule has 2 atom stereocenters. The number of aliphatic carboxylic acids is 2. The van der Waals surface area contributed by atoms with Crippen molar-refractivity contribution < 1.29 is 24.6 Å². The highest BCUT2D eigenvalue weighted by Crippen LogP contribution is 2.32. The van der Waals surface area contributed by atoms with Crippen molar-refractivity contribution in [1.29, 1.82) is 0 Å². The summed E-state index contributed by atoms with van der Waals surface area (Å²) in [6.45, 7) is 5.41. The number of carboxylic acids is 2. The van der Waals surface area contributed by atoms with Gasteiger partial charge in [-0.25, -0.2) is 9.59 Å². The highest BCUT2D eigenvalue weighted by molar-refractivity contribution is 6.27. The SMILES string of the molecule is CCC(=O)C=C1CN2CCC1C2.O=C(O)C(=O)O. The Hall–Kier alpha value is -1.69. The van der Waals surface area contributed by atoms with Crippen molar-refractivity contribution in [3.8, 4) is 0 Å². The normalized spacial score (nSPS) is 26.6. The van der Waals surface area contributed by atoms with Gasteiger partial charge >= 0.3 is 11.9 Å². The predicted octanol–water partition coefficient (Wildman–Crippen LogP) is 0.383. The van der Waals surface area contributed by atoms with Crippen LogP contribution in [0.25, 0.3) is 0 Å². The zero-order valence-corrected chi connectivity index (χ0v) is 10.3. The fourth-order valence-corrected chi connectivity index (χ4v) is 2.14. The monoisotopic (exact) mass is 255 g/mol. The van der Waals surface area contributed by atoms with Gasteiger partial charge in [-0.15, -0.1) is 0 Å². The molecule has 2 heterocycles. The molecule has 0 aromatic carbocycles. The van der Waals surface area contributed by atoms with Crippen LogP contribution in [-0.4, -0.2) is 52.5 Å². The lowest BCUT2D eigenvalue weighted by molar-refractivity contribution is -0.159. The van der Waals surface area contributed by atoms with Gasteiger partial charge in [0, 0.05) is 19.5 Å². The summed E-state index contributed by atoms with van der Waals surface area (Å²) in [6, 6.07) is 0. The second-order valence-corrected chi connectivity index (χ2v) is 4.37. The number of allylic oxidation sites excluding steroid dienone is 1. The van der Waals surface area contributed by atoms with Crippen LogP contribution in [0.2, 0.25) is 0 Å². The van der Waals surface area contributed by atoms with Gasteiger partial charge in [0.2, 0.25) is 0 Å². The number of carboxylic acid groups (broad SMARTS) is 2. The Morgan fingerprint density at radius 1 is 1.33 bits per heavy atom. The quantitative estimate of drug-likeness (QED) is 0.547. The van der Waals surface area contributed by atoms with Crippen LogP contribution >= 0.6 is 0 Å². The van der Waals surface area contributed by atoms with Crippen LogP contribution in [0.15, 0.2) is 11.6 Å². The van der Waals surface area contributed by atoms with E-state index in [1.807, 2.05) is 13.0 Å². The first kappa shape index (κ1) is 14.4. The van der Waals surface area contributed by atoms with Crippen molar-refractivity contribution >= 4 is 17.7 Å². The Labute approximate surface area is 105 Å². The average Bonchev–Trinajstić information content (AvgIpc) is 2.91. The zero-order chi connectivity index (χ0) is 13.7. The third kappa shape index (κ3) is 3.96. The van der Waals surface area contributed by atoms with Crippen molar-refractivity contribution in [3.63, 3.8) is 0 Å². The van der Waals surface area contributed by atoms with Gasteiger partial charge in [0.1, 0.15) is 0 Å². The van der Waals surface area contributed by atoms with E-state index in [0.717, 1.165) is 6.54 Å². The van der Waals surface area contributed by atoms with Crippen LogP contribution in [-0.2, 0) is 14.4 Å². The molecule has 0 aromatic heterocycles. The molecule has 100 valence electrons. The minimum Gasteiger partial charge on any atom is -0.473 e. The van der Waals surface area contributed by atoms with Crippen LogP contribution < -0.4 is 0 Å². The Bertz CT molecular complexity index is 376. The van der Waals surface area contributed by atoms with E-state index in [-0.39, 0.29) is 0 Å². The first-order valence-electron chi connectivity index (χ1n) is 5.86. The smallest absolute Gasteiger partial charge is 0.414 e. The summed E-state index contributed by atoms with van der Waals surface area (Å²) in [6.07, 6.45) is 3.79. The second kappa shape index (κ2) is 6.30. The fourth-order valence-electron chi connectivity index (χ4n) is 2.14. The number of fused-ring (bicyclic) bond motifs is 2. The summed E-state index contributed by atoms with van der Waals surface area (Å²) in [4.78, 5) is 31.8. The van der Waals surface area contributed by atoms with Gasteiger partial charge in [-0.2, -0.15) is 0 Å². The maximum atomic E-state index is 11.1. The molecular formula is C12H17NO5. The van der Waals surface area contributed by atoms with Crippen molar-refractivity contribution in [2.24, 2.45) is 5.92 Å². The minimum atomic E-state index is -1.82. The van der Waals surface area contributed by atoms with Crippen molar-refractivity contribution in [2.45, 2.75) is 19.8 Å². The van der Waals surface area contributed by atoms with E-state index in [2.05, 4.69) is 4.90 Å². The second-order valence-electron chi connectivity index (χ2n) is 4.37. The standard InChI is InChI=1S/C10H15NO.C2H2O4/c1-2-10(12)5-9-7-11-4-3-8(9)6-11;3-1(4)2(5)6/h5,8H,2-4,6-7H2,1H3;(H,3,4)(H,5,6). The average molecular weight is 255 g/mol. The van der Waals surface area contributed by atoms with E-state index < -0.39 is 11.9 Å². The first-order chi connectivity index (χ1) is 8.43. The first-order valence-corrected chi connectivity index (χ1v) is 5.86. The number of hydrogen-bond acceptors (Lipinski definition) is 4.